The summed E-state index contributed by atoms with van der Waals surface area (Å²) in [6, 6.07) is 9.58. The number of ether oxygens (including phenoxy) is 2. The van der Waals surface area contributed by atoms with Gasteiger partial charge in [-0.05, 0) is 37.3 Å². The van der Waals surface area contributed by atoms with Crippen LogP contribution in [0.3, 0.4) is 0 Å². The van der Waals surface area contributed by atoms with E-state index in [2.05, 4.69) is 31.0 Å². The monoisotopic (exact) mass is 378 g/mol. The summed E-state index contributed by atoms with van der Waals surface area (Å²) in [5.41, 5.74) is 0.225. The molecule has 0 unspecified atom stereocenters. The molecular weight excluding hydrogens is 364 g/mol. The predicted octanol–water partition coefficient (Wildman–Crippen LogP) is 2.93. The van der Waals surface area contributed by atoms with Gasteiger partial charge in [-0.1, -0.05) is 22.0 Å². The van der Waals surface area contributed by atoms with E-state index in [0.29, 0.717) is 5.75 Å². The molecular formula is C16H15BrN2O4. The molecule has 0 aliphatic rings. The van der Waals surface area contributed by atoms with Gasteiger partial charge in [0.2, 0.25) is 5.88 Å². The van der Waals surface area contributed by atoms with Crippen molar-refractivity contribution < 1.29 is 19.1 Å². The lowest BCUT2D eigenvalue weighted by atomic mass is 10.2. The van der Waals surface area contributed by atoms with Gasteiger partial charge in [-0.15, -0.1) is 0 Å². The molecule has 23 heavy (non-hydrogen) atoms. The van der Waals surface area contributed by atoms with E-state index in [1.807, 2.05) is 6.07 Å². The molecule has 120 valence electrons. The number of halogens is 1. The first-order valence-corrected chi connectivity index (χ1v) is 7.57. The molecule has 2 rings (SSSR count). The Morgan fingerprint density at radius 2 is 2.04 bits per heavy atom. The molecule has 0 radical (unpaired) electrons. The molecule has 0 aliphatic heterocycles. The number of pyridine rings is 1. The molecule has 2 aromatic rings. The highest BCUT2D eigenvalue weighted by atomic mass is 79.9. The first-order valence-electron chi connectivity index (χ1n) is 6.78. The Morgan fingerprint density at radius 3 is 2.74 bits per heavy atom. The van der Waals surface area contributed by atoms with Crippen LogP contribution in [0, 0.1) is 0 Å². The van der Waals surface area contributed by atoms with Gasteiger partial charge in [-0.3, -0.25) is 4.79 Å². The smallest absolute Gasteiger partial charge is 0.328 e. The molecule has 7 heteroatoms. The van der Waals surface area contributed by atoms with Crippen LogP contribution in [0.15, 0.2) is 47.1 Å². The Morgan fingerprint density at radius 1 is 1.26 bits per heavy atom. The number of esters is 1. The minimum atomic E-state index is -0.772. The van der Waals surface area contributed by atoms with E-state index in [4.69, 9.17) is 4.74 Å². The van der Waals surface area contributed by atoms with Crippen LogP contribution < -0.4 is 10.1 Å². The van der Waals surface area contributed by atoms with Crippen LogP contribution in [0.2, 0.25) is 0 Å². The van der Waals surface area contributed by atoms with Crippen molar-refractivity contribution in [1.82, 2.24) is 10.3 Å². The maximum atomic E-state index is 12.3. The number of amides is 1. The molecule has 1 N–H and O–H groups in total. The van der Waals surface area contributed by atoms with Gasteiger partial charge < -0.3 is 14.8 Å². The Bertz CT molecular complexity index is 721. The number of nitrogens with zero attached hydrogens (tertiary/aromatic N) is 1. The summed E-state index contributed by atoms with van der Waals surface area (Å²) in [4.78, 5) is 27.8. The van der Waals surface area contributed by atoms with Gasteiger partial charge in [0.15, 0.2) is 0 Å². The molecule has 0 bridgehead atoms. The number of nitrogens with one attached hydrogen (secondary N) is 1. The molecule has 1 aromatic heterocycles. The van der Waals surface area contributed by atoms with Crippen molar-refractivity contribution in [2.24, 2.45) is 0 Å². The summed E-state index contributed by atoms with van der Waals surface area (Å²) in [5, 5.41) is 2.54. The lowest BCUT2D eigenvalue weighted by Crippen LogP contribution is -2.39. The third-order valence-electron chi connectivity index (χ3n) is 2.93. The summed E-state index contributed by atoms with van der Waals surface area (Å²) in [5.74, 6) is -0.314. The lowest BCUT2D eigenvalue weighted by Gasteiger charge is -2.13. The Labute approximate surface area is 142 Å². The maximum Gasteiger partial charge on any atom is 0.328 e. The van der Waals surface area contributed by atoms with Crippen LogP contribution in [0.25, 0.3) is 0 Å². The first kappa shape index (κ1) is 17.0. The molecule has 1 heterocycles. The Hall–Kier alpha value is -2.41. The number of benzene rings is 1. The van der Waals surface area contributed by atoms with Crippen molar-refractivity contribution in [3.05, 3.63) is 52.6 Å². The third kappa shape index (κ3) is 4.53. The number of rotatable bonds is 5. The van der Waals surface area contributed by atoms with Crippen molar-refractivity contribution in [1.29, 1.82) is 0 Å². The highest BCUT2D eigenvalue weighted by Gasteiger charge is 2.20. The average Bonchev–Trinajstić information content (AvgIpc) is 2.54. The van der Waals surface area contributed by atoms with E-state index >= 15 is 0 Å². The van der Waals surface area contributed by atoms with Gasteiger partial charge >= 0.3 is 5.97 Å². The number of hydrogen-bond acceptors (Lipinski definition) is 5. The standard InChI is InChI=1S/C16H15BrN2O4/c1-10(16(21)22-2)19-14(20)13-7-4-8-18-15(13)23-12-6-3-5-11(17)9-12/h3-10H,1-2H3,(H,19,20)/t10-/m0/s1. The van der Waals surface area contributed by atoms with Crippen molar-refractivity contribution in [3.8, 4) is 11.6 Å². The van der Waals surface area contributed by atoms with Gasteiger partial charge in [0, 0.05) is 10.7 Å². The molecule has 1 atom stereocenters. The predicted molar refractivity (Wildman–Crippen MR) is 87.4 cm³/mol. The molecule has 0 saturated heterocycles. The highest BCUT2D eigenvalue weighted by Crippen LogP contribution is 2.25. The second kappa shape index (κ2) is 7.73. The summed E-state index contributed by atoms with van der Waals surface area (Å²) >= 11 is 3.35. The minimum absolute atomic E-state index is 0.153. The van der Waals surface area contributed by atoms with Gasteiger partial charge in [0.05, 0.1) is 7.11 Å². The Balaban J connectivity index is 2.20. The van der Waals surface area contributed by atoms with E-state index in [9.17, 15) is 9.59 Å². The molecule has 0 saturated carbocycles. The fraction of sp³-hybridized carbons (Fsp3) is 0.188. The van der Waals surface area contributed by atoms with Gasteiger partial charge in [0.1, 0.15) is 17.4 Å². The maximum absolute atomic E-state index is 12.3. The number of carbonyl (C=O) groups excluding carboxylic acids is 2. The quantitative estimate of drug-likeness (QED) is 0.809. The zero-order chi connectivity index (χ0) is 16.8. The fourth-order valence-electron chi connectivity index (χ4n) is 1.80. The van der Waals surface area contributed by atoms with E-state index in [1.165, 1.54) is 20.2 Å². The van der Waals surface area contributed by atoms with Crippen LogP contribution in [-0.4, -0.2) is 30.0 Å². The van der Waals surface area contributed by atoms with Crippen LogP contribution in [0.5, 0.6) is 11.6 Å². The van der Waals surface area contributed by atoms with Crippen molar-refractivity contribution >= 4 is 27.8 Å². The highest BCUT2D eigenvalue weighted by molar-refractivity contribution is 9.10. The number of aromatic nitrogens is 1. The average molecular weight is 379 g/mol. The van der Waals surface area contributed by atoms with Crippen molar-refractivity contribution in [3.63, 3.8) is 0 Å². The van der Waals surface area contributed by atoms with E-state index < -0.39 is 17.9 Å². The number of carbonyl (C=O) groups is 2. The lowest BCUT2D eigenvalue weighted by molar-refractivity contribution is -0.142. The first-order chi connectivity index (χ1) is 11.0. The zero-order valence-corrected chi connectivity index (χ0v) is 14.2. The van der Waals surface area contributed by atoms with E-state index in [0.717, 1.165) is 4.47 Å². The second-order valence-electron chi connectivity index (χ2n) is 4.63. The minimum Gasteiger partial charge on any atom is -0.467 e. The van der Waals surface area contributed by atoms with Gasteiger partial charge in [0.25, 0.3) is 5.91 Å². The summed E-state index contributed by atoms with van der Waals surface area (Å²) in [6.07, 6.45) is 1.52. The fourth-order valence-corrected chi connectivity index (χ4v) is 2.18. The number of hydrogen-bond donors (Lipinski definition) is 1. The number of methoxy groups -OCH3 is 1. The van der Waals surface area contributed by atoms with Gasteiger partial charge in [-0.25, -0.2) is 9.78 Å². The van der Waals surface area contributed by atoms with Crippen LogP contribution in [0.1, 0.15) is 17.3 Å². The summed E-state index contributed by atoms with van der Waals surface area (Å²) < 4.78 is 11.1. The van der Waals surface area contributed by atoms with Crippen LogP contribution in [0.4, 0.5) is 0 Å². The SMILES string of the molecule is COC(=O)[C@H](C)NC(=O)c1cccnc1Oc1cccc(Br)c1. The second-order valence-corrected chi connectivity index (χ2v) is 5.55. The molecule has 0 aliphatic carbocycles. The zero-order valence-electron chi connectivity index (χ0n) is 12.6. The van der Waals surface area contributed by atoms with E-state index in [-0.39, 0.29) is 11.4 Å². The molecule has 6 nitrogen and oxygen atoms in total. The van der Waals surface area contributed by atoms with Gasteiger partial charge in [-0.2, -0.15) is 0 Å². The molecule has 0 spiro atoms. The summed E-state index contributed by atoms with van der Waals surface area (Å²) in [7, 11) is 1.26. The van der Waals surface area contributed by atoms with Crippen molar-refractivity contribution in [2.75, 3.05) is 7.11 Å². The molecule has 1 amide bonds. The largest absolute Gasteiger partial charge is 0.467 e. The van der Waals surface area contributed by atoms with Crippen molar-refractivity contribution in [2.45, 2.75) is 13.0 Å². The topological polar surface area (TPSA) is 77.5 Å². The van der Waals surface area contributed by atoms with E-state index in [1.54, 1.807) is 30.3 Å². The Kier molecular flexibility index (Phi) is 5.70. The normalized spacial score (nSPS) is 11.4. The van der Waals surface area contributed by atoms with Crippen LogP contribution in [-0.2, 0) is 9.53 Å². The molecule has 1 aromatic carbocycles. The van der Waals surface area contributed by atoms with Crippen LogP contribution >= 0.6 is 15.9 Å². The summed E-state index contributed by atoms with van der Waals surface area (Å²) in [6.45, 7) is 1.54. The molecule has 0 fully saturated rings. The third-order valence-corrected chi connectivity index (χ3v) is 3.42.